The van der Waals surface area contributed by atoms with Gasteiger partial charge in [0.1, 0.15) is 5.75 Å². The fraction of sp³-hybridized carbons (Fsp3) is 0.350. The molecule has 2 aromatic rings. The fourth-order valence-corrected chi connectivity index (χ4v) is 2.65. The number of hydrogen-bond acceptors (Lipinski definition) is 2. The van der Waals surface area contributed by atoms with E-state index in [9.17, 15) is 9.90 Å². The molecule has 1 unspecified atom stereocenters. The predicted octanol–water partition coefficient (Wildman–Crippen LogP) is 4.56. The third-order valence-corrected chi connectivity index (χ3v) is 4.26. The van der Waals surface area contributed by atoms with Crippen LogP contribution in [0.1, 0.15) is 40.2 Å². The zero-order valence-electron chi connectivity index (χ0n) is 14.2. The number of hydrogen-bond donors (Lipinski definition) is 1. The largest absolute Gasteiger partial charge is 0.494 e. The molecule has 0 aromatic heterocycles. The van der Waals surface area contributed by atoms with Gasteiger partial charge in [-0.15, -0.1) is 0 Å². The molecule has 0 fully saturated rings. The van der Waals surface area contributed by atoms with E-state index in [2.05, 4.69) is 6.92 Å². The van der Waals surface area contributed by atoms with E-state index in [1.807, 2.05) is 57.2 Å². The van der Waals surface area contributed by atoms with Crippen LogP contribution in [0, 0.1) is 27.7 Å². The molecule has 0 heterocycles. The lowest BCUT2D eigenvalue weighted by Crippen LogP contribution is -2.16. The van der Waals surface area contributed by atoms with E-state index < -0.39 is 11.9 Å². The summed E-state index contributed by atoms with van der Waals surface area (Å²) in [6.45, 7) is 8.41. The first-order valence-corrected chi connectivity index (χ1v) is 7.88. The minimum atomic E-state index is -0.803. The molecule has 0 saturated heterocycles. The molecule has 23 heavy (non-hydrogen) atoms. The van der Waals surface area contributed by atoms with Gasteiger partial charge in [-0.05, 0) is 68.5 Å². The first-order valence-electron chi connectivity index (χ1n) is 7.88. The average Bonchev–Trinajstić information content (AvgIpc) is 2.49. The number of aryl methyl sites for hydroxylation is 4. The molecule has 2 aromatic carbocycles. The van der Waals surface area contributed by atoms with E-state index in [1.54, 1.807) is 0 Å². The fourth-order valence-electron chi connectivity index (χ4n) is 2.65. The third kappa shape index (κ3) is 4.35. The minimum absolute atomic E-state index is 0.382. The highest BCUT2D eigenvalue weighted by molar-refractivity contribution is 5.76. The molecule has 3 heteroatoms. The van der Waals surface area contributed by atoms with Crippen LogP contribution in [0.2, 0.25) is 0 Å². The number of carboxylic acids is 1. The highest BCUT2D eigenvalue weighted by Crippen LogP contribution is 2.25. The highest BCUT2D eigenvalue weighted by Gasteiger charge is 2.21. The maximum absolute atomic E-state index is 11.6. The van der Waals surface area contributed by atoms with Crippen molar-refractivity contribution in [3.8, 4) is 5.75 Å². The molecule has 2 rings (SSSR count). The van der Waals surface area contributed by atoms with Crippen LogP contribution in [0.15, 0.2) is 36.4 Å². The third-order valence-electron chi connectivity index (χ3n) is 4.26. The van der Waals surface area contributed by atoms with Gasteiger partial charge in [-0.3, -0.25) is 4.79 Å². The summed E-state index contributed by atoms with van der Waals surface area (Å²) in [6, 6.07) is 11.9. The topological polar surface area (TPSA) is 46.5 Å². The van der Waals surface area contributed by atoms with Crippen molar-refractivity contribution in [2.45, 2.75) is 40.0 Å². The second-order valence-corrected chi connectivity index (χ2v) is 6.13. The predicted molar refractivity (Wildman–Crippen MR) is 92.3 cm³/mol. The van der Waals surface area contributed by atoms with E-state index >= 15 is 0 Å². The number of ether oxygens (including phenoxy) is 1. The lowest BCUT2D eigenvalue weighted by atomic mass is 9.91. The van der Waals surface area contributed by atoms with Gasteiger partial charge < -0.3 is 9.84 Å². The van der Waals surface area contributed by atoms with Crippen LogP contribution >= 0.6 is 0 Å². The normalized spacial score (nSPS) is 12.0. The zero-order valence-corrected chi connectivity index (χ0v) is 14.2. The zero-order chi connectivity index (χ0) is 17.0. The molecule has 0 aliphatic heterocycles. The standard InChI is InChI=1S/C20H24O3/c1-13-5-6-15(3)19(11-13)18(20(21)22)9-10-23-17-8-7-14(2)16(4)12-17/h5-8,11-12,18H,9-10H2,1-4H3,(H,21,22). The second-order valence-electron chi connectivity index (χ2n) is 6.13. The molecule has 0 radical (unpaired) electrons. The monoisotopic (exact) mass is 312 g/mol. The number of carboxylic acid groups (broad SMARTS) is 1. The van der Waals surface area contributed by atoms with Crippen LogP contribution < -0.4 is 4.74 Å². The van der Waals surface area contributed by atoms with Crippen LogP contribution in [0.25, 0.3) is 0 Å². The highest BCUT2D eigenvalue weighted by atomic mass is 16.5. The first kappa shape index (κ1) is 17.1. The van der Waals surface area contributed by atoms with Crippen LogP contribution in [0.3, 0.4) is 0 Å². The first-order chi connectivity index (χ1) is 10.9. The van der Waals surface area contributed by atoms with Crippen LogP contribution in [-0.4, -0.2) is 17.7 Å². The van der Waals surface area contributed by atoms with E-state index in [4.69, 9.17) is 4.74 Å². The van der Waals surface area contributed by atoms with E-state index in [-0.39, 0.29) is 0 Å². The number of carbonyl (C=O) groups is 1. The molecule has 122 valence electrons. The maximum atomic E-state index is 11.6. The van der Waals surface area contributed by atoms with Crippen LogP contribution in [0.5, 0.6) is 5.75 Å². The summed E-state index contributed by atoms with van der Waals surface area (Å²) in [4.78, 5) is 11.6. The van der Waals surface area contributed by atoms with Gasteiger partial charge in [0, 0.05) is 0 Å². The summed E-state index contributed by atoms with van der Waals surface area (Å²) in [5.74, 6) is -0.554. The molecule has 1 atom stereocenters. The van der Waals surface area contributed by atoms with Gasteiger partial charge in [-0.2, -0.15) is 0 Å². The van der Waals surface area contributed by atoms with E-state index in [0.717, 1.165) is 22.4 Å². The number of rotatable bonds is 6. The molecule has 0 saturated carbocycles. The molecule has 0 bridgehead atoms. The quantitative estimate of drug-likeness (QED) is 0.850. The Labute approximate surface area is 137 Å². The summed E-state index contributed by atoms with van der Waals surface area (Å²) < 4.78 is 5.75. The number of aliphatic carboxylic acids is 1. The molecule has 3 nitrogen and oxygen atoms in total. The van der Waals surface area contributed by atoms with E-state index in [0.29, 0.717) is 13.0 Å². The van der Waals surface area contributed by atoms with E-state index in [1.165, 1.54) is 11.1 Å². The Kier molecular flexibility index (Phi) is 5.43. The molecule has 0 aliphatic carbocycles. The van der Waals surface area contributed by atoms with Gasteiger partial charge >= 0.3 is 5.97 Å². The van der Waals surface area contributed by atoms with Crippen molar-refractivity contribution in [3.05, 3.63) is 64.2 Å². The van der Waals surface area contributed by atoms with Crippen molar-refractivity contribution in [3.63, 3.8) is 0 Å². The maximum Gasteiger partial charge on any atom is 0.311 e. The Balaban J connectivity index is 2.07. The lowest BCUT2D eigenvalue weighted by Gasteiger charge is -2.17. The van der Waals surface area contributed by atoms with Gasteiger partial charge in [0.05, 0.1) is 12.5 Å². The summed E-state index contributed by atoms with van der Waals surface area (Å²) >= 11 is 0. The van der Waals surface area contributed by atoms with Crippen molar-refractivity contribution in [2.24, 2.45) is 0 Å². The summed E-state index contributed by atoms with van der Waals surface area (Å²) in [7, 11) is 0. The molecular weight excluding hydrogens is 288 g/mol. The SMILES string of the molecule is Cc1ccc(C)c(C(CCOc2ccc(C)c(C)c2)C(=O)O)c1. The van der Waals surface area contributed by atoms with Crippen LogP contribution in [0.4, 0.5) is 0 Å². The van der Waals surface area contributed by atoms with Crippen molar-refractivity contribution in [1.82, 2.24) is 0 Å². The molecule has 0 amide bonds. The van der Waals surface area contributed by atoms with Gasteiger partial charge in [0.25, 0.3) is 0 Å². The Morgan fingerprint density at radius 2 is 1.70 bits per heavy atom. The van der Waals surface area contributed by atoms with Gasteiger partial charge in [-0.25, -0.2) is 0 Å². The molecular formula is C20H24O3. The van der Waals surface area contributed by atoms with Crippen molar-refractivity contribution in [1.29, 1.82) is 0 Å². The average molecular weight is 312 g/mol. The molecule has 0 aliphatic rings. The Morgan fingerprint density at radius 1 is 1.00 bits per heavy atom. The Hall–Kier alpha value is -2.29. The Bertz CT molecular complexity index is 704. The smallest absolute Gasteiger partial charge is 0.311 e. The van der Waals surface area contributed by atoms with Crippen molar-refractivity contribution in [2.75, 3.05) is 6.61 Å². The Morgan fingerprint density at radius 3 is 2.35 bits per heavy atom. The second kappa shape index (κ2) is 7.32. The van der Waals surface area contributed by atoms with Gasteiger partial charge in [0.15, 0.2) is 0 Å². The summed E-state index contributed by atoms with van der Waals surface area (Å²) in [5, 5.41) is 9.56. The minimum Gasteiger partial charge on any atom is -0.494 e. The lowest BCUT2D eigenvalue weighted by molar-refractivity contribution is -0.139. The van der Waals surface area contributed by atoms with Crippen molar-refractivity contribution < 1.29 is 14.6 Å². The van der Waals surface area contributed by atoms with Gasteiger partial charge in [0.2, 0.25) is 0 Å². The van der Waals surface area contributed by atoms with Crippen molar-refractivity contribution >= 4 is 5.97 Å². The van der Waals surface area contributed by atoms with Crippen LogP contribution in [-0.2, 0) is 4.79 Å². The van der Waals surface area contributed by atoms with Gasteiger partial charge in [-0.1, -0.05) is 29.8 Å². The molecule has 1 N–H and O–H groups in total. The number of benzene rings is 2. The molecule has 0 spiro atoms. The summed E-state index contributed by atoms with van der Waals surface area (Å²) in [6.07, 6.45) is 0.451. The summed E-state index contributed by atoms with van der Waals surface area (Å²) in [5.41, 5.74) is 5.35.